The van der Waals surface area contributed by atoms with Crippen molar-refractivity contribution in [1.82, 2.24) is 5.32 Å². The fraction of sp³-hybridized carbons (Fsp3) is 0.269. The highest BCUT2D eigenvalue weighted by molar-refractivity contribution is 6.32. The van der Waals surface area contributed by atoms with Gasteiger partial charge in [0.2, 0.25) is 5.91 Å². The third-order valence-corrected chi connectivity index (χ3v) is 6.10. The number of fused-ring (bicyclic) bond motifs is 1. The summed E-state index contributed by atoms with van der Waals surface area (Å²) in [5.41, 5.74) is 2.94. The summed E-state index contributed by atoms with van der Waals surface area (Å²) < 4.78 is 5.28. The first-order chi connectivity index (χ1) is 16.0. The van der Waals surface area contributed by atoms with Crippen LogP contribution < -0.4 is 10.2 Å². The molecule has 1 aliphatic rings. The zero-order valence-electron chi connectivity index (χ0n) is 18.6. The average Bonchev–Trinajstić information content (AvgIpc) is 3.32. The summed E-state index contributed by atoms with van der Waals surface area (Å²) in [5, 5.41) is 3.36. The summed E-state index contributed by atoms with van der Waals surface area (Å²) in [6.45, 7) is 4.17. The van der Waals surface area contributed by atoms with E-state index in [9.17, 15) is 9.59 Å². The number of benzene rings is 2. The quantitative estimate of drug-likeness (QED) is 0.544. The standard InChI is InChI=1S/C26H26ClN3O3/c1-3-17(2)24-26(32)30(16-23(31)28-15-20-10-7-13-33-20)22-12-11-19(27)14-21(22)25(29-24)18-8-5-4-6-9-18/h4-14,17,24H,3,15-16H2,1-2H3,(H,28,31)/t17-,24-/m1/s1. The summed E-state index contributed by atoms with van der Waals surface area (Å²) in [7, 11) is 0. The van der Waals surface area contributed by atoms with Gasteiger partial charge in [0.05, 0.1) is 24.2 Å². The van der Waals surface area contributed by atoms with E-state index in [1.807, 2.05) is 50.2 Å². The minimum absolute atomic E-state index is 0.00493. The largest absolute Gasteiger partial charge is 0.467 e. The number of hydrogen-bond acceptors (Lipinski definition) is 4. The zero-order valence-corrected chi connectivity index (χ0v) is 19.4. The van der Waals surface area contributed by atoms with Gasteiger partial charge < -0.3 is 14.6 Å². The van der Waals surface area contributed by atoms with Gasteiger partial charge in [-0.2, -0.15) is 0 Å². The predicted octanol–water partition coefficient (Wildman–Crippen LogP) is 4.85. The van der Waals surface area contributed by atoms with Gasteiger partial charge >= 0.3 is 0 Å². The second kappa shape index (κ2) is 10.0. The molecule has 33 heavy (non-hydrogen) atoms. The van der Waals surface area contributed by atoms with Gasteiger partial charge in [-0.25, -0.2) is 0 Å². The van der Waals surface area contributed by atoms with Crippen molar-refractivity contribution in [2.24, 2.45) is 10.9 Å². The monoisotopic (exact) mass is 463 g/mol. The molecule has 0 bridgehead atoms. The van der Waals surface area contributed by atoms with E-state index in [1.54, 1.807) is 30.5 Å². The Hall–Kier alpha value is -3.38. The number of benzodiazepines with no additional fused rings is 1. The van der Waals surface area contributed by atoms with E-state index < -0.39 is 6.04 Å². The van der Waals surface area contributed by atoms with Crippen LogP contribution in [0.3, 0.4) is 0 Å². The van der Waals surface area contributed by atoms with Crippen LogP contribution in [0.25, 0.3) is 0 Å². The number of nitrogens with one attached hydrogen (secondary N) is 1. The van der Waals surface area contributed by atoms with Crippen molar-refractivity contribution in [2.45, 2.75) is 32.9 Å². The summed E-state index contributed by atoms with van der Waals surface area (Å²) >= 11 is 6.36. The molecule has 0 unspecified atom stereocenters. The number of carbonyl (C=O) groups excluding carboxylic acids is 2. The van der Waals surface area contributed by atoms with Crippen LogP contribution >= 0.6 is 11.6 Å². The van der Waals surface area contributed by atoms with Crippen molar-refractivity contribution < 1.29 is 14.0 Å². The molecule has 2 aromatic carbocycles. The maximum atomic E-state index is 13.7. The fourth-order valence-electron chi connectivity index (χ4n) is 3.86. The molecule has 2 amide bonds. The Kier molecular flexibility index (Phi) is 6.94. The number of aliphatic imine (C=N–C) groups is 1. The van der Waals surface area contributed by atoms with E-state index in [0.29, 0.717) is 22.2 Å². The maximum Gasteiger partial charge on any atom is 0.252 e. The number of carbonyl (C=O) groups is 2. The number of amides is 2. The lowest BCUT2D eigenvalue weighted by atomic mass is 9.98. The van der Waals surface area contributed by atoms with Crippen LogP contribution in [0.2, 0.25) is 5.02 Å². The molecule has 4 rings (SSSR count). The predicted molar refractivity (Wildman–Crippen MR) is 130 cm³/mol. The highest BCUT2D eigenvalue weighted by Gasteiger charge is 2.35. The first-order valence-electron chi connectivity index (χ1n) is 11.0. The molecule has 1 N–H and O–H groups in total. The van der Waals surface area contributed by atoms with E-state index in [-0.39, 0.29) is 30.8 Å². The van der Waals surface area contributed by atoms with E-state index in [0.717, 1.165) is 17.5 Å². The van der Waals surface area contributed by atoms with Gasteiger partial charge in [0, 0.05) is 16.1 Å². The molecular formula is C26H26ClN3O3. The Morgan fingerprint density at radius 2 is 1.97 bits per heavy atom. The first kappa shape index (κ1) is 22.8. The molecule has 0 aliphatic carbocycles. The smallest absolute Gasteiger partial charge is 0.252 e. The molecule has 2 atom stereocenters. The van der Waals surface area contributed by atoms with Crippen molar-refractivity contribution in [3.05, 3.63) is 88.8 Å². The third-order valence-electron chi connectivity index (χ3n) is 5.86. The van der Waals surface area contributed by atoms with Crippen LogP contribution in [-0.2, 0) is 16.1 Å². The van der Waals surface area contributed by atoms with Gasteiger partial charge in [-0.1, -0.05) is 62.2 Å². The molecule has 170 valence electrons. The highest BCUT2D eigenvalue weighted by Crippen LogP contribution is 2.32. The molecular weight excluding hydrogens is 438 g/mol. The van der Waals surface area contributed by atoms with E-state index in [4.69, 9.17) is 21.0 Å². The van der Waals surface area contributed by atoms with Crippen LogP contribution in [-0.4, -0.2) is 30.1 Å². The molecule has 2 heterocycles. The van der Waals surface area contributed by atoms with Gasteiger partial charge in [0.1, 0.15) is 18.3 Å². The molecule has 0 radical (unpaired) electrons. The Labute approximate surface area is 198 Å². The fourth-order valence-corrected chi connectivity index (χ4v) is 4.03. The van der Waals surface area contributed by atoms with Crippen LogP contribution in [0.5, 0.6) is 0 Å². The normalized spacial score (nSPS) is 16.6. The Morgan fingerprint density at radius 3 is 2.67 bits per heavy atom. The van der Waals surface area contributed by atoms with Gasteiger partial charge in [-0.3, -0.25) is 14.6 Å². The van der Waals surface area contributed by atoms with Crippen LogP contribution in [0.4, 0.5) is 5.69 Å². The molecule has 3 aromatic rings. The summed E-state index contributed by atoms with van der Waals surface area (Å²) in [4.78, 5) is 33.0. The number of furan rings is 1. The molecule has 1 aliphatic heterocycles. The van der Waals surface area contributed by atoms with Crippen LogP contribution in [0.15, 0.2) is 76.3 Å². The number of halogens is 1. The zero-order chi connectivity index (χ0) is 23.4. The molecule has 0 spiro atoms. The molecule has 0 saturated heterocycles. The summed E-state index contributed by atoms with van der Waals surface area (Å²) in [5.74, 6) is 0.151. The highest BCUT2D eigenvalue weighted by atomic mass is 35.5. The van der Waals surface area contributed by atoms with Crippen LogP contribution in [0.1, 0.15) is 37.2 Å². The molecule has 0 fully saturated rings. The minimum atomic E-state index is -0.616. The number of hydrogen-bond donors (Lipinski definition) is 1. The lowest BCUT2D eigenvalue weighted by Crippen LogP contribution is -2.46. The Balaban J connectivity index is 1.74. The van der Waals surface area contributed by atoms with Crippen molar-refractivity contribution >= 4 is 34.8 Å². The van der Waals surface area contributed by atoms with Gasteiger partial charge in [0.25, 0.3) is 5.91 Å². The second-order valence-corrected chi connectivity index (χ2v) is 8.55. The van der Waals surface area contributed by atoms with Crippen LogP contribution in [0, 0.1) is 5.92 Å². The number of nitrogens with zero attached hydrogens (tertiary/aromatic N) is 2. The van der Waals surface area contributed by atoms with Crippen molar-refractivity contribution in [3.8, 4) is 0 Å². The Bertz CT molecular complexity index is 1160. The molecule has 6 nitrogen and oxygen atoms in total. The van der Waals surface area contributed by atoms with Crippen molar-refractivity contribution in [2.75, 3.05) is 11.4 Å². The molecule has 1 aromatic heterocycles. The SMILES string of the molecule is CC[C@@H](C)[C@H]1N=C(c2ccccc2)c2cc(Cl)ccc2N(CC(=O)NCc2ccco2)C1=O. The van der Waals surface area contributed by atoms with Gasteiger partial charge in [0.15, 0.2) is 0 Å². The third kappa shape index (κ3) is 5.01. The average molecular weight is 464 g/mol. The number of anilines is 1. The molecule has 0 saturated carbocycles. The van der Waals surface area contributed by atoms with E-state index >= 15 is 0 Å². The minimum Gasteiger partial charge on any atom is -0.467 e. The Morgan fingerprint density at radius 1 is 1.18 bits per heavy atom. The van der Waals surface area contributed by atoms with Crippen molar-refractivity contribution in [3.63, 3.8) is 0 Å². The lowest BCUT2D eigenvalue weighted by Gasteiger charge is -2.26. The van der Waals surface area contributed by atoms with Gasteiger partial charge in [-0.15, -0.1) is 0 Å². The molecule has 7 heteroatoms. The number of rotatable bonds is 7. The van der Waals surface area contributed by atoms with Gasteiger partial charge in [-0.05, 0) is 36.2 Å². The summed E-state index contributed by atoms with van der Waals surface area (Å²) in [6.07, 6.45) is 2.33. The lowest BCUT2D eigenvalue weighted by molar-refractivity contribution is -0.125. The van der Waals surface area contributed by atoms with Crippen molar-refractivity contribution in [1.29, 1.82) is 0 Å². The maximum absolute atomic E-state index is 13.7. The van der Waals surface area contributed by atoms with E-state index in [1.165, 1.54) is 4.90 Å². The van der Waals surface area contributed by atoms with E-state index in [2.05, 4.69) is 5.32 Å². The first-order valence-corrected chi connectivity index (χ1v) is 11.4. The summed E-state index contributed by atoms with van der Waals surface area (Å²) in [6, 6.07) is 18.0. The second-order valence-electron chi connectivity index (χ2n) is 8.12. The topological polar surface area (TPSA) is 74.9 Å².